The van der Waals surface area contributed by atoms with E-state index < -0.39 is 0 Å². The van der Waals surface area contributed by atoms with Crippen LogP contribution >= 0.6 is 0 Å². The highest BCUT2D eigenvalue weighted by Crippen LogP contribution is 2.27. The van der Waals surface area contributed by atoms with Crippen molar-refractivity contribution in [1.82, 2.24) is 4.90 Å². The van der Waals surface area contributed by atoms with E-state index in [9.17, 15) is 4.79 Å². The molecule has 0 aliphatic heterocycles. The monoisotopic (exact) mass is 273 g/mol. The number of amides is 1. The molecular formula is C16H19NO3. The number of methoxy groups -OCH3 is 1. The smallest absolute Gasteiger partial charge is 0.257 e. The van der Waals surface area contributed by atoms with Crippen molar-refractivity contribution in [2.45, 2.75) is 13.8 Å². The highest BCUT2D eigenvalue weighted by molar-refractivity contribution is 5.99. The van der Waals surface area contributed by atoms with Gasteiger partial charge in [0.1, 0.15) is 11.5 Å². The number of rotatable bonds is 5. The van der Waals surface area contributed by atoms with Crippen molar-refractivity contribution in [3.8, 4) is 17.1 Å². The van der Waals surface area contributed by atoms with Gasteiger partial charge in [-0.1, -0.05) is 0 Å². The summed E-state index contributed by atoms with van der Waals surface area (Å²) in [5.74, 6) is 1.37. The summed E-state index contributed by atoms with van der Waals surface area (Å²) < 4.78 is 10.6. The predicted octanol–water partition coefficient (Wildman–Crippen LogP) is 3.44. The molecule has 1 aromatic heterocycles. The van der Waals surface area contributed by atoms with Crippen LogP contribution in [-0.2, 0) is 0 Å². The Hall–Kier alpha value is -2.23. The molecule has 0 bridgehead atoms. The molecular weight excluding hydrogens is 254 g/mol. The molecule has 0 aliphatic carbocycles. The van der Waals surface area contributed by atoms with Crippen molar-refractivity contribution in [3.05, 3.63) is 42.2 Å². The Balaban J connectivity index is 2.34. The lowest BCUT2D eigenvalue weighted by Gasteiger charge is -2.18. The first kappa shape index (κ1) is 14.2. The van der Waals surface area contributed by atoms with Crippen LogP contribution in [0.5, 0.6) is 5.75 Å². The lowest BCUT2D eigenvalue weighted by molar-refractivity contribution is 0.0773. The number of benzene rings is 1. The van der Waals surface area contributed by atoms with Gasteiger partial charge in [0.05, 0.1) is 18.9 Å². The fourth-order valence-electron chi connectivity index (χ4n) is 2.12. The molecule has 0 unspecified atom stereocenters. The van der Waals surface area contributed by atoms with Crippen molar-refractivity contribution in [2.75, 3.05) is 20.2 Å². The third-order valence-electron chi connectivity index (χ3n) is 3.30. The standard InChI is InChI=1S/C16H19NO3/c1-4-17(5-2)16(18)14-10-11-20-15(14)12-6-8-13(19-3)9-7-12/h6-11H,4-5H2,1-3H3. The van der Waals surface area contributed by atoms with E-state index in [0.717, 1.165) is 11.3 Å². The quantitative estimate of drug-likeness (QED) is 0.838. The van der Waals surface area contributed by atoms with Crippen LogP contribution in [0.4, 0.5) is 0 Å². The molecule has 106 valence electrons. The van der Waals surface area contributed by atoms with E-state index in [0.29, 0.717) is 24.4 Å². The summed E-state index contributed by atoms with van der Waals surface area (Å²) >= 11 is 0. The van der Waals surface area contributed by atoms with Gasteiger partial charge in [0.15, 0.2) is 0 Å². The molecule has 1 amide bonds. The van der Waals surface area contributed by atoms with E-state index >= 15 is 0 Å². The second-order valence-electron chi connectivity index (χ2n) is 4.37. The summed E-state index contributed by atoms with van der Waals surface area (Å²) in [6.07, 6.45) is 1.55. The molecule has 0 aliphatic rings. The van der Waals surface area contributed by atoms with Crippen LogP contribution in [0, 0.1) is 0 Å². The number of nitrogens with zero attached hydrogens (tertiary/aromatic N) is 1. The summed E-state index contributed by atoms with van der Waals surface area (Å²) in [5.41, 5.74) is 1.46. The molecule has 0 saturated carbocycles. The Labute approximate surface area is 119 Å². The summed E-state index contributed by atoms with van der Waals surface area (Å²) in [6.45, 7) is 5.30. The topological polar surface area (TPSA) is 42.7 Å². The SMILES string of the molecule is CCN(CC)C(=O)c1ccoc1-c1ccc(OC)cc1. The maximum atomic E-state index is 12.4. The largest absolute Gasteiger partial charge is 0.497 e. The molecule has 4 nitrogen and oxygen atoms in total. The molecule has 1 heterocycles. The highest BCUT2D eigenvalue weighted by Gasteiger charge is 2.20. The van der Waals surface area contributed by atoms with Gasteiger partial charge in [0.25, 0.3) is 5.91 Å². The molecule has 1 aromatic carbocycles. The number of carbonyl (C=O) groups excluding carboxylic acids is 1. The van der Waals surface area contributed by atoms with Crippen molar-refractivity contribution < 1.29 is 13.9 Å². The molecule has 4 heteroatoms. The van der Waals surface area contributed by atoms with Gasteiger partial charge < -0.3 is 14.1 Å². The zero-order chi connectivity index (χ0) is 14.5. The van der Waals surface area contributed by atoms with E-state index in [2.05, 4.69) is 0 Å². The first-order valence-electron chi connectivity index (χ1n) is 6.72. The Morgan fingerprint density at radius 1 is 1.15 bits per heavy atom. The van der Waals surface area contributed by atoms with Crippen LogP contribution in [0.1, 0.15) is 24.2 Å². The predicted molar refractivity (Wildman–Crippen MR) is 77.9 cm³/mol. The van der Waals surface area contributed by atoms with Crippen molar-refractivity contribution in [1.29, 1.82) is 0 Å². The highest BCUT2D eigenvalue weighted by atomic mass is 16.5. The van der Waals surface area contributed by atoms with E-state index in [1.54, 1.807) is 24.3 Å². The van der Waals surface area contributed by atoms with Crippen LogP contribution < -0.4 is 4.74 Å². The fourth-order valence-corrected chi connectivity index (χ4v) is 2.12. The molecule has 0 atom stereocenters. The van der Waals surface area contributed by atoms with E-state index in [1.807, 2.05) is 38.1 Å². The normalized spacial score (nSPS) is 10.3. The van der Waals surface area contributed by atoms with Crippen LogP contribution in [0.15, 0.2) is 41.0 Å². The summed E-state index contributed by atoms with van der Waals surface area (Å²) in [5, 5.41) is 0. The molecule has 0 saturated heterocycles. The molecule has 20 heavy (non-hydrogen) atoms. The summed E-state index contributed by atoms with van der Waals surface area (Å²) in [6, 6.07) is 9.20. The summed E-state index contributed by atoms with van der Waals surface area (Å²) in [4.78, 5) is 14.2. The second kappa shape index (κ2) is 6.28. The van der Waals surface area contributed by atoms with Crippen LogP contribution in [-0.4, -0.2) is 31.0 Å². The zero-order valence-corrected chi connectivity index (χ0v) is 12.1. The molecule has 0 fully saturated rings. The van der Waals surface area contributed by atoms with Gasteiger partial charge in [-0.05, 0) is 44.2 Å². The second-order valence-corrected chi connectivity index (χ2v) is 4.37. The Morgan fingerprint density at radius 2 is 1.80 bits per heavy atom. The average Bonchev–Trinajstić information content (AvgIpc) is 2.98. The van der Waals surface area contributed by atoms with Crippen LogP contribution in [0.2, 0.25) is 0 Å². The van der Waals surface area contributed by atoms with E-state index in [1.165, 1.54) is 0 Å². The molecule has 2 rings (SSSR count). The van der Waals surface area contributed by atoms with Crippen molar-refractivity contribution in [3.63, 3.8) is 0 Å². The van der Waals surface area contributed by atoms with E-state index in [4.69, 9.17) is 9.15 Å². The maximum Gasteiger partial charge on any atom is 0.257 e. The van der Waals surface area contributed by atoms with Gasteiger partial charge in [-0.15, -0.1) is 0 Å². The van der Waals surface area contributed by atoms with Gasteiger partial charge in [0, 0.05) is 18.7 Å². The minimum atomic E-state index is -0.00503. The first-order valence-corrected chi connectivity index (χ1v) is 6.72. The lowest BCUT2D eigenvalue weighted by Crippen LogP contribution is -2.30. The Bertz CT molecular complexity index is 568. The molecule has 2 aromatic rings. The lowest BCUT2D eigenvalue weighted by atomic mass is 10.1. The molecule has 0 spiro atoms. The van der Waals surface area contributed by atoms with Crippen LogP contribution in [0.3, 0.4) is 0 Å². The third kappa shape index (κ3) is 2.69. The van der Waals surface area contributed by atoms with Gasteiger partial charge in [-0.25, -0.2) is 0 Å². The minimum absolute atomic E-state index is 0.00503. The maximum absolute atomic E-state index is 12.4. The zero-order valence-electron chi connectivity index (χ0n) is 12.1. The van der Waals surface area contributed by atoms with E-state index in [-0.39, 0.29) is 5.91 Å². The van der Waals surface area contributed by atoms with Crippen molar-refractivity contribution in [2.24, 2.45) is 0 Å². The van der Waals surface area contributed by atoms with Crippen LogP contribution in [0.25, 0.3) is 11.3 Å². The first-order chi connectivity index (χ1) is 9.71. The average molecular weight is 273 g/mol. The minimum Gasteiger partial charge on any atom is -0.497 e. The Morgan fingerprint density at radius 3 is 2.35 bits per heavy atom. The number of hydrogen-bond donors (Lipinski definition) is 0. The van der Waals surface area contributed by atoms with Gasteiger partial charge >= 0.3 is 0 Å². The van der Waals surface area contributed by atoms with Gasteiger partial charge in [-0.2, -0.15) is 0 Å². The third-order valence-corrected chi connectivity index (χ3v) is 3.30. The van der Waals surface area contributed by atoms with Gasteiger partial charge in [-0.3, -0.25) is 4.79 Å². The Kier molecular flexibility index (Phi) is 4.45. The molecule has 0 radical (unpaired) electrons. The number of carbonyl (C=O) groups is 1. The fraction of sp³-hybridized carbons (Fsp3) is 0.312. The number of ether oxygens (including phenoxy) is 1. The number of furan rings is 1. The van der Waals surface area contributed by atoms with Crippen molar-refractivity contribution >= 4 is 5.91 Å². The number of hydrogen-bond acceptors (Lipinski definition) is 3. The molecule has 0 N–H and O–H groups in total. The van der Waals surface area contributed by atoms with Gasteiger partial charge in [0.2, 0.25) is 0 Å². The summed E-state index contributed by atoms with van der Waals surface area (Å²) in [7, 11) is 1.62.